The molecule has 9 aromatic carbocycles. The zero-order chi connectivity index (χ0) is 31.6. The molecule has 10 rings (SSSR count). The van der Waals surface area contributed by atoms with E-state index in [1.54, 1.807) is 0 Å². The topological polar surface area (TPSA) is 18.5 Å². The van der Waals surface area contributed by atoms with Crippen molar-refractivity contribution >= 4 is 43.1 Å². The Morgan fingerprint density at radius 3 is 1.29 bits per heavy atom. The third kappa shape index (κ3) is 4.27. The highest BCUT2D eigenvalue weighted by atomic mass is 16.6. The number of rotatable bonds is 3. The maximum atomic E-state index is 6.38. The van der Waals surface area contributed by atoms with Gasteiger partial charge in [-0.15, -0.1) is 0 Å². The van der Waals surface area contributed by atoms with Crippen molar-refractivity contribution in [2.45, 2.75) is 0 Å². The van der Waals surface area contributed by atoms with Gasteiger partial charge in [-0.2, -0.15) is 0 Å². The highest BCUT2D eigenvalue weighted by Crippen LogP contribution is 2.48. The molecule has 0 saturated carbocycles. The lowest BCUT2D eigenvalue weighted by Gasteiger charge is -2.22. The molecule has 0 unspecified atom stereocenters. The van der Waals surface area contributed by atoms with E-state index >= 15 is 0 Å². The van der Waals surface area contributed by atoms with Gasteiger partial charge in [-0.05, 0) is 113 Å². The fraction of sp³-hybridized carbons (Fsp3) is 0. The van der Waals surface area contributed by atoms with Gasteiger partial charge in [-0.3, -0.25) is 0 Å². The van der Waals surface area contributed by atoms with E-state index in [1.807, 2.05) is 24.3 Å². The normalized spacial score (nSPS) is 12.1. The first-order chi connectivity index (χ1) is 23.8. The van der Waals surface area contributed by atoms with Gasteiger partial charge >= 0.3 is 0 Å². The molecular weight excluding hydrogens is 585 g/mol. The van der Waals surface area contributed by atoms with Crippen LogP contribution in [-0.4, -0.2) is 0 Å². The van der Waals surface area contributed by atoms with Gasteiger partial charge in [0.1, 0.15) is 0 Å². The summed E-state index contributed by atoms with van der Waals surface area (Å²) >= 11 is 0. The van der Waals surface area contributed by atoms with Gasteiger partial charge in [0.15, 0.2) is 23.0 Å². The Kier molecular flexibility index (Phi) is 5.91. The molecule has 0 aliphatic carbocycles. The molecule has 0 N–H and O–H groups in total. The summed E-state index contributed by atoms with van der Waals surface area (Å²) in [4.78, 5) is 0. The van der Waals surface area contributed by atoms with Gasteiger partial charge in [0.25, 0.3) is 0 Å². The first kappa shape index (κ1) is 26.8. The van der Waals surface area contributed by atoms with Crippen LogP contribution in [0.5, 0.6) is 23.0 Å². The van der Waals surface area contributed by atoms with E-state index in [4.69, 9.17) is 9.47 Å². The van der Waals surface area contributed by atoms with Gasteiger partial charge in [0.2, 0.25) is 0 Å². The van der Waals surface area contributed by atoms with Crippen molar-refractivity contribution in [2.24, 2.45) is 0 Å². The van der Waals surface area contributed by atoms with Gasteiger partial charge in [-0.25, -0.2) is 0 Å². The monoisotopic (exact) mass is 612 g/mol. The van der Waals surface area contributed by atoms with Crippen molar-refractivity contribution in [2.75, 3.05) is 0 Å². The van der Waals surface area contributed by atoms with Crippen molar-refractivity contribution in [1.82, 2.24) is 0 Å². The third-order valence-corrected chi connectivity index (χ3v) is 9.65. The standard InChI is InChI=1S/C46H28O2/c1-2-10-29(11-3-1)45-37-14-6-8-16-39(37)46(40-17-9-7-15-38(40)45)36-21-20-32-24-33(18-19-34(32)25-36)35-22-23-41-42(28-35)48-44-27-31-13-5-4-12-30(31)26-43(44)47-41/h1-28H. The number of fused-ring (bicyclic) bond motifs is 6. The highest BCUT2D eigenvalue weighted by molar-refractivity contribution is 6.21. The predicted octanol–water partition coefficient (Wildman–Crippen LogP) is 13.2. The molecule has 9 aromatic rings. The molecule has 0 fully saturated rings. The number of ether oxygens (including phenoxy) is 2. The fourth-order valence-electron chi connectivity index (χ4n) is 7.38. The molecule has 0 radical (unpaired) electrons. The van der Waals surface area contributed by atoms with Crippen LogP contribution in [0.25, 0.3) is 76.5 Å². The first-order valence-electron chi connectivity index (χ1n) is 16.3. The zero-order valence-corrected chi connectivity index (χ0v) is 26.0. The average Bonchev–Trinajstić information content (AvgIpc) is 3.15. The highest BCUT2D eigenvalue weighted by Gasteiger charge is 2.21. The van der Waals surface area contributed by atoms with Crippen molar-refractivity contribution < 1.29 is 9.47 Å². The average molecular weight is 613 g/mol. The lowest BCUT2D eigenvalue weighted by Crippen LogP contribution is -1.99. The molecule has 0 bridgehead atoms. The molecule has 1 heterocycles. The van der Waals surface area contributed by atoms with E-state index in [0.717, 1.165) is 44.9 Å². The van der Waals surface area contributed by atoms with Gasteiger partial charge in [-0.1, -0.05) is 133 Å². The molecule has 1 aliphatic rings. The second-order valence-electron chi connectivity index (χ2n) is 12.5. The SMILES string of the molecule is c1ccc(-c2c3ccccc3c(-c3ccc4cc(-c5ccc6c(c5)Oc5cc7ccccc7cc5O6)ccc4c3)c3ccccc23)cc1. The van der Waals surface area contributed by atoms with Gasteiger partial charge < -0.3 is 9.47 Å². The Morgan fingerprint density at radius 2 is 0.667 bits per heavy atom. The number of benzene rings is 9. The lowest BCUT2D eigenvalue weighted by atomic mass is 9.85. The largest absolute Gasteiger partial charge is 0.449 e. The quantitative estimate of drug-likeness (QED) is 0.185. The first-order valence-corrected chi connectivity index (χ1v) is 16.3. The Bertz CT molecular complexity index is 2670. The molecule has 0 saturated heterocycles. The van der Waals surface area contributed by atoms with Crippen molar-refractivity contribution in [3.05, 3.63) is 170 Å². The van der Waals surface area contributed by atoms with Crippen LogP contribution in [-0.2, 0) is 0 Å². The van der Waals surface area contributed by atoms with Crippen LogP contribution in [0, 0.1) is 0 Å². The molecule has 1 aliphatic heterocycles. The van der Waals surface area contributed by atoms with Gasteiger partial charge in [0, 0.05) is 0 Å². The predicted molar refractivity (Wildman–Crippen MR) is 199 cm³/mol. The van der Waals surface area contributed by atoms with Gasteiger partial charge in [0.05, 0.1) is 0 Å². The third-order valence-electron chi connectivity index (χ3n) is 9.65. The van der Waals surface area contributed by atoms with Crippen LogP contribution in [0.3, 0.4) is 0 Å². The maximum absolute atomic E-state index is 6.38. The van der Waals surface area contributed by atoms with E-state index in [9.17, 15) is 0 Å². The Balaban J connectivity index is 1.05. The molecule has 0 aromatic heterocycles. The fourth-order valence-corrected chi connectivity index (χ4v) is 7.38. The van der Waals surface area contributed by atoms with E-state index in [2.05, 4.69) is 146 Å². The minimum absolute atomic E-state index is 0.725. The molecule has 2 nitrogen and oxygen atoms in total. The number of hydrogen-bond donors (Lipinski definition) is 0. The van der Waals surface area contributed by atoms with Crippen LogP contribution in [0.4, 0.5) is 0 Å². The zero-order valence-electron chi connectivity index (χ0n) is 26.0. The molecule has 0 atom stereocenters. The summed E-state index contributed by atoms with van der Waals surface area (Å²) in [5.74, 6) is 2.93. The Labute approximate surface area is 278 Å². The molecule has 224 valence electrons. The van der Waals surface area contributed by atoms with Crippen LogP contribution in [0.1, 0.15) is 0 Å². The summed E-state index contributed by atoms with van der Waals surface area (Å²) in [6.45, 7) is 0. The summed E-state index contributed by atoms with van der Waals surface area (Å²) < 4.78 is 12.7. The number of hydrogen-bond acceptors (Lipinski definition) is 2. The Morgan fingerprint density at radius 1 is 0.250 bits per heavy atom. The molecule has 0 amide bonds. The smallest absolute Gasteiger partial charge is 0.170 e. The summed E-state index contributed by atoms with van der Waals surface area (Å²) in [6, 6.07) is 60.5. The van der Waals surface area contributed by atoms with E-state index < -0.39 is 0 Å². The van der Waals surface area contributed by atoms with Crippen LogP contribution < -0.4 is 9.47 Å². The summed E-state index contributed by atoms with van der Waals surface area (Å²) in [5, 5.41) is 9.71. The van der Waals surface area contributed by atoms with E-state index in [0.29, 0.717) is 0 Å². The van der Waals surface area contributed by atoms with Crippen LogP contribution >= 0.6 is 0 Å². The Hall–Kier alpha value is -6.38. The lowest BCUT2D eigenvalue weighted by molar-refractivity contribution is 0.360. The van der Waals surface area contributed by atoms with Crippen molar-refractivity contribution in [3.63, 3.8) is 0 Å². The molecular formula is C46H28O2. The molecule has 48 heavy (non-hydrogen) atoms. The summed E-state index contributed by atoms with van der Waals surface area (Å²) in [7, 11) is 0. The maximum Gasteiger partial charge on any atom is 0.170 e. The van der Waals surface area contributed by atoms with Crippen molar-refractivity contribution in [1.29, 1.82) is 0 Å². The van der Waals surface area contributed by atoms with E-state index in [-0.39, 0.29) is 0 Å². The minimum Gasteiger partial charge on any atom is -0.449 e. The molecule has 2 heteroatoms. The minimum atomic E-state index is 0.725. The summed E-state index contributed by atoms with van der Waals surface area (Å²) in [5.41, 5.74) is 7.22. The van der Waals surface area contributed by atoms with Crippen molar-refractivity contribution in [3.8, 4) is 56.4 Å². The second kappa shape index (κ2) is 10.6. The molecule has 0 spiro atoms. The van der Waals surface area contributed by atoms with Crippen LogP contribution in [0.2, 0.25) is 0 Å². The van der Waals surface area contributed by atoms with Crippen LogP contribution in [0.15, 0.2) is 170 Å². The second-order valence-corrected chi connectivity index (χ2v) is 12.5. The van der Waals surface area contributed by atoms with E-state index in [1.165, 1.54) is 54.6 Å². The summed E-state index contributed by atoms with van der Waals surface area (Å²) in [6.07, 6.45) is 0.